The van der Waals surface area contributed by atoms with Crippen molar-refractivity contribution in [1.29, 1.82) is 0 Å². The van der Waals surface area contributed by atoms with E-state index in [0.717, 1.165) is 12.8 Å². The molecule has 0 aromatic heterocycles. The minimum atomic E-state index is -4.68. The SMILES string of the molecule is CC(CO)(NCc1cccc(OC(F)(F)F)c1)C1CC1. The number of hydrogen-bond donors (Lipinski definition) is 2. The van der Waals surface area contributed by atoms with Gasteiger partial charge in [0.2, 0.25) is 0 Å². The highest BCUT2D eigenvalue weighted by atomic mass is 19.4. The van der Waals surface area contributed by atoms with Gasteiger partial charge in [-0.15, -0.1) is 13.2 Å². The van der Waals surface area contributed by atoms with Crippen molar-refractivity contribution in [1.82, 2.24) is 5.32 Å². The monoisotopic (exact) mass is 289 g/mol. The summed E-state index contributed by atoms with van der Waals surface area (Å²) >= 11 is 0. The molecule has 6 heteroatoms. The van der Waals surface area contributed by atoms with Crippen LogP contribution in [0.2, 0.25) is 0 Å². The van der Waals surface area contributed by atoms with Gasteiger partial charge in [-0.05, 0) is 43.4 Å². The largest absolute Gasteiger partial charge is 0.573 e. The van der Waals surface area contributed by atoms with Crippen LogP contribution < -0.4 is 10.1 Å². The van der Waals surface area contributed by atoms with E-state index in [0.29, 0.717) is 18.0 Å². The van der Waals surface area contributed by atoms with E-state index in [-0.39, 0.29) is 17.9 Å². The van der Waals surface area contributed by atoms with Gasteiger partial charge >= 0.3 is 6.36 Å². The van der Waals surface area contributed by atoms with Crippen molar-refractivity contribution in [2.24, 2.45) is 5.92 Å². The van der Waals surface area contributed by atoms with Crippen molar-refractivity contribution >= 4 is 0 Å². The zero-order valence-electron chi connectivity index (χ0n) is 11.2. The van der Waals surface area contributed by atoms with Crippen molar-refractivity contribution in [3.63, 3.8) is 0 Å². The molecule has 0 bridgehead atoms. The van der Waals surface area contributed by atoms with Gasteiger partial charge in [0.15, 0.2) is 0 Å². The second kappa shape index (κ2) is 5.61. The first-order chi connectivity index (χ1) is 9.32. The molecule has 112 valence electrons. The Morgan fingerprint density at radius 2 is 2.05 bits per heavy atom. The fourth-order valence-electron chi connectivity index (χ4n) is 2.21. The highest BCUT2D eigenvalue weighted by molar-refractivity contribution is 5.28. The highest BCUT2D eigenvalue weighted by Crippen LogP contribution is 2.39. The summed E-state index contributed by atoms with van der Waals surface area (Å²) in [5.41, 5.74) is 0.313. The number of hydrogen-bond acceptors (Lipinski definition) is 3. The minimum absolute atomic E-state index is 0.0103. The summed E-state index contributed by atoms with van der Waals surface area (Å²) in [6, 6.07) is 5.86. The lowest BCUT2D eigenvalue weighted by Crippen LogP contribution is -2.47. The van der Waals surface area contributed by atoms with E-state index in [2.05, 4.69) is 10.1 Å². The number of ether oxygens (including phenoxy) is 1. The number of alkyl halides is 3. The van der Waals surface area contributed by atoms with Crippen molar-refractivity contribution in [2.45, 2.75) is 38.2 Å². The van der Waals surface area contributed by atoms with Crippen LogP contribution in [0.5, 0.6) is 5.75 Å². The van der Waals surface area contributed by atoms with Crippen molar-refractivity contribution < 1.29 is 23.0 Å². The number of nitrogens with one attached hydrogen (secondary N) is 1. The third kappa shape index (κ3) is 4.11. The Kier molecular flexibility index (Phi) is 4.25. The number of aliphatic hydroxyl groups is 1. The molecule has 1 aliphatic rings. The topological polar surface area (TPSA) is 41.5 Å². The smallest absolute Gasteiger partial charge is 0.406 e. The predicted octanol–water partition coefficient (Wildman–Crippen LogP) is 2.84. The Hall–Kier alpha value is -1.27. The molecular formula is C14H18F3NO2. The van der Waals surface area contributed by atoms with E-state index in [1.807, 2.05) is 6.92 Å². The van der Waals surface area contributed by atoms with Gasteiger partial charge in [0.05, 0.1) is 6.61 Å². The lowest BCUT2D eigenvalue weighted by atomic mass is 9.96. The maximum absolute atomic E-state index is 12.1. The summed E-state index contributed by atoms with van der Waals surface area (Å²) in [6.45, 7) is 2.33. The summed E-state index contributed by atoms with van der Waals surface area (Å²) in [4.78, 5) is 0. The Bertz CT molecular complexity index is 460. The van der Waals surface area contributed by atoms with Crippen LogP contribution in [0.4, 0.5) is 13.2 Å². The van der Waals surface area contributed by atoms with Crippen LogP contribution in [0.3, 0.4) is 0 Å². The number of rotatable bonds is 6. The lowest BCUT2D eigenvalue weighted by molar-refractivity contribution is -0.274. The van der Waals surface area contributed by atoms with E-state index in [9.17, 15) is 18.3 Å². The Morgan fingerprint density at radius 1 is 1.35 bits per heavy atom. The van der Waals surface area contributed by atoms with Gasteiger partial charge in [-0.1, -0.05) is 12.1 Å². The molecule has 1 saturated carbocycles. The maximum atomic E-state index is 12.1. The molecule has 2 N–H and O–H groups in total. The van der Waals surface area contributed by atoms with Crippen LogP contribution in [-0.4, -0.2) is 23.6 Å². The molecule has 0 aliphatic heterocycles. The van der Waals surface area contributed by atoms with Crippen LogP contribution in [0.15, 0.2) is 24.3 Å². The van der Waals surface area contributed by atoms with Crippen molar-refractivity contribution in [2.75, 3.05) is 6.61 Å². The number of aliphatic hydroxyl groups excluding tert-OH is 1. The zero-order chi connectivity index (χ0) is 14.8. The second-order valence-corrected chi connectivity index (χ2v) is 5.40. The second-order valence-electron chi connectivity index (χ2n) is 5.40. The van der Waals surface area contributed by atoms with E-state index >= 15 is 0 Å². The number of benzene rings is 1. The first-order valence-electron chi connectivity index (χ1n) is 6.53. The van der Waals surface area contributed by atoms with Crippen molar-refractivity contribution in [3.8, 4) is 5.75 Å². The van der Waals surface area contributed by atoms with Gasteiger partial charge < -0.3 is 15.2 Å². The molecule has 0 saturated heterocycles. The molecule has 1 unspecified atom stereocenters. The molecular weight excluding hydrogens is 271 g/mol. The predicted molar refractivity (Wildman–Crippen MR) is 68.2 cm³/mol. The molecule has 1 aliphatic carbocycles. The van der Waals surface area contributed by atoms with E-state index in [1.165, 1.54) is 18.2 Å². The van der Waals surface area contributed by atoms with Crippen molar-refractivity contribution in [3.05, 3.63) is 29.8 Å². The van der Waals surface area contributed by atoms with E-state index in [1.54, 1.807) is 6.07 Å². The van der Waals surface area contributed by atoms with Crippen LogP contribution in [0.25, 0.3) is 0 Å². The number of halogens is 3. The summed E-state index contributed by atoms with van der Waals surface area (Å²) < 4.78 is 40.3. The molecule has 1 fully saturated rings. The summed E-state index contributed by atoms with van der Waals surface area (Å²) in [7, 11) is 0. The molecule has 1 atom stereocenters. The molecule has 1 aromatic carbocycles. The fourth-order valence-corrected chi connectivity index (χ4v) is 2.21. The fraction of sp³-hybridized carbons (Fsp3) is 0.571. The van der Waals surface area contributed by atoms with Crippen LogP contribution in [0.1, 0.15) is 25.3 Å². The van der Waals surface area contributed by atoms with Gasteiger partial charge in [-0.2, -0.15) is 0 Å². The molecule has 3 nitrogen and oxygen atoms in total. The minimum Gasteiger partial charge on any atom is -0.406 e. The molecule has 0 radical (unpaired) electrons. The normalized spacial score (nSPS) is 18.6. The summed E-state index contributed by atoms with van der Waals surface area (Å²) in [5, 5.41) is 12.7. The summed E-state index contributed by atoms with van der Waals surface area (Å²) in [6.07, 6.45) is -2.54. The van der Waals surface area contributed by atoms with Crippen LogP contribution in [0, 0.1) is 5.92 Å². The maximum Gasteiger partial charge on any atom is 0.573 e. The lowest BCUT2D eigenvalue weighted by Gasteiger charge is -2.29. The molecule has 0 amide bonds. The van der Waals surface area contributed by atoms with Gasteiger partial charge in [0.25, 0.3) is 0 Å². The molecule has 0 spiro atoms. The summed E-state index contributed by atoms with van der Waals surface area (Å²) in [5.74, 6) is 0.205. The van der Waals surface area contributed by atoms with Crippen LogP contribution in [-0.2, 0) is 6.54 Å². The third-order valence-corrected chi connectivity index (χ3v) is 3.64. The van der Waals surface area contributed by atoms with E-state index in [4.69, 9.17) is 0 Å². The molecule has 0 heterocycles. The van der Waals surface area contributed by atoms with Crippen LogP contribution >= 0.6 is 0 Å². The third-order valence-electron chi connectivity index (χ3n) is 3.64. The average Bonchev–Trinajstić information content (AvgIpc) is 3.19. The standard InChI is InChI=1S/C14H18F3NO2/c1-13(9-19,11-5-6-11)18-8-10-3-2-4-12(7-10)20-14(15,16)17/h2-4,7,11,18-19H,5-6,8-9H2,1H3. The first-order valence-corrected chi connectivity index (χ1v) is 6.53. The van der Waals surface area contributed by atoms with E-state index < -0.39 is 6.36 Å². The highest BCUT2D eigenvalue weighted by Gasteiger charge is 2.40. The quantitative estimate of drug-likeness (QED) is 0.846. The van der Waals surface area contributed by atoms with Gasteiger partial charge in [0.1, 0.15) is 5.75 Å². The average molecular weight is 289 g/mol. The Morgan fingerprint density at radius 3 is 2.60 bits per heavy atom. The molecule has 1 aromatic rings. The zero-order valence-corrected chi connectivity index (χ0v) is 11.2. The Labute approximate surface area is 115 Å². The van der Waals surface area contributed by atoms with Gasteiger partial charge in [-0.25, -0.2) is 0 Å². The van der Waals surface area contributed by atoms with Gasteiger partial charge in [0, 0.05) is 12.1 Å². The molecule has 2 rings (SSSR count). The van der Waals surface area contributed by atoms with Gasteiger partial charge in [-0.3, -0.25) is 0 Å². The Balaban J connectivity index is 1.97. The first kappa shape index (κ1) is 15.1. The molecule has 20 heavy (non-hydrogen) atoms.